The highest BCUT2D eigenvalue weighted by atomic mass is 79.9. The van der Waals surface area contributed by atoms with E-state index in [0.29, 0.717) is 23.3 Å². The largest absolute Gasteiger partial charge is 0.377 e. The first kappa shape index (κ1) is 10.7. The Morgan fingerprint density at radius 3 is 3.18 bits per heavy atom. The Morgan fingerprint density at radius 2 is 2.41 bits per heavy atom. The van der Waals surface area contributed by atoms with Crippen LogP contribution in [0.4, 0.5) is 0 Å². The Kier molecular flexibility index (Phi) is 2.60. The molecule has 0 radical (unpaired) electrons. The fourth-order valence-corrected chi connectivity index (χ4v) is 2.50. The number of nitrogens with zero attached hydrogens (tertiary/aromatic N) is 2. The summed E-state index contributed by atoms with van der Waals surface area (Å²) in [6.45, 7) is 1.30. The van der Waals surface area contributed by atoms with E-state index in [4.69, 9.17) is 4.74 Å². The molecule has 1 aliphatic rings. The second-order valence-corrected chi connectivity index (χ2v) is 4.54. The number of aromatic amines is 1. The molecule has 2 aromatic rings. The van der Waals surface area contributed by atoms with E-state index in [1.807, 2.05) is 6.08 Å². The number of aromatic nitrogens is 3. The molecule has 17 heavy (non-hydrogen) atoms. The minimum Gasteiger partial charge on any atom is -0.377 e. The van der Waals surface area contributed by atoms with Gasteiger partial charge in [-0.1, -0.05) is 6.08 Å². The van der Waals surface area contributed by atoms with E-state index in [1.165, 1.54) is 0 Å². The third-order valence-corrected chi connectivity index (χ3v) is 3.33. The van der Waals surface area contributed by atoms with Gasteiger partial charge >= 0.3 is 0 Å². The Hall–Kier alpha value is -1.40. The number of fused-ring (bicyclic) bond motifs is 1. The molecule has 0 fully saturated rings. The second kappa shape index (κ2) is 4.12. The van der Waals surface area contributed by atoms with Gasteiger partial charge in [-0.05, 0) is 27.9 Å². The van der Waals surface area contributed by atoms with Crippen molar-refractivity contribution in [3.05, 3.63) is 39.3 Å². The smallest absolute Gasteiger partial charge is 0.275 e. The lowest BCUT2D eigenvalue weighted by Gasteiger charge is -2.12. The van der Waals surface area contributed by atoms with Gasteiger partial charge in [0.2, 0.25) is 0 Å². The molecule has 3 heterocycles. The fourth-order valence-electron chi connectivity index (χ4n) is 1.97. The first-order chi connectivity index (χ1) is 8.27. The van der Waals surface area contributed by atoms with Gasteiger partial charge in [-0.25, -0.2) is 4.98 Å². The molecule has 6 heteroatoms. The van der Waals surface area contributed by atoms with Gasteiger partial charge in [0, 0.05) is 12.4 Å². The van der Waals surface area contributed by atoms with Gasteiger partial charge in [0.1, 0.15) is 15.9 Å². The summed E-state index contributed by atoms with van der Waals surface area (Å²) in [7, 11) is 0. The summed E-state index contributed by atoms with van der Waals surface area (Å²) in [5.41, 5.74) is 1.50. The van der Waals surface area contributed by atoms with Crippen LogP contribution in [0.2, 0.25) is 0 Å². The minimum absolute atomic E-state index is 0.147. The lowest BCUT2D eigenvalue weighted by Crippen LogP contribution is -2.10. The number of nitrogens with one attached hydrogen (secondary N) is 1. The predicted octanol–water partition coefficient (Wildman–Crippen LogP) is 1.59. The van der Waals surface area contributed by atoms with Gasteiger partial charge in [0.05, 0.1) is 13.2 Å². The molecule has 0 saturated heterocycles. The van der Waals surface area contributed by atoms with E-state index in [1.54, 1.807) is 16.8 Å². The van der Waals surface area contributed by atoms with Gasteiger partial charge in [-0.2, -0.15) is 0 Å². The van der Waals surface area contributed by atoms with Crippen molar-refractivity contribution >= 4 is 27.0 Å². The lowest BCUT2D eigenvalue weighted by atomic mass is 10.1. The molecule has 0 spiro atoms. The first-order valence-corrected chi connectivity index (χ1v) is 6.09. The van der Waals surface area contributed by atoms with Crippen molar-refractivity contribution in [2.24, 2.45) is 0 Å². The summed E-state index contributed by atoms with van der Waals surface area (Å²) in [4.78, 5) is 18.8. The predicted molar refractivity (Wildman–Crippen MR) is 66.9 cm³/mol. The molecule has 0 aliphatic carbocycles. The minimum atomic E-state index is -0.147. The van der Waals surface area contributed by atoms with Gasteiger partial charge < -0.3 is 9.72 Å². The fraction of sp³-hybridized carbons (Fsp3) is 0.273. The molecule has 0 atom stereocenters. The van der Waals surface area contributed by atoms with Crippen molar-refractivity contribution in [2.45, 2.75) is 6.42 Å². The van der Waals surface area contributed by atoms with Crippen molar-refractivity contribution in [2.75, 3.05) is 13.2 Å². The molecule has 1 N–H and O–H groups in total. The molecule has 0 aromatic carbocycles. The molecule has 0 amide bonds. The van der Waals surface area contributed by atoms with Gasteiger partial charge in [0.25, 0.3) is 5.56 Å². The molecule has 0 bridgehead atoms. The highest BCUT2D eigenvalue weighted by molar-refractivity contribution is 9.10. The molecule has 2 aromatic heterocycles. The molecule has 0 unspecified atom stereocenters. The van der Waals surface area contributed by atoms with Gasteiger partial charge in [-0.15, -0.1) is 0 Å². The van der Waals surface area contributed by atoms with Crippen LogP contribution in [-0.4, -0.2) is 27.6 Å². The van der Waals surface area contributed by atoms with Crippen molar-refractivity contribution in [3.8, 4) is 0 Å². The first-order valence-electron chi connectivity index (χ1n) is 5.30. The van der Waals surface area contributed by atoms with Gasteiger partial charge in [-0.3, -0.25) is 9.20 Å². The topological polar surface area (TPSA) is 59.4 Å². The molecule has 88 valence electrons. The maximum Gasteiger partial charge on any atom is 0.275 e. The summed E-state index contributed by atoms with van der Waals surface area (Å²) < 4.78 is 7.65. The van der Waals surface area contributed by atoms with E-state index < -0.39 is 0 Å². The monoisotopic (exact) mass is 295 g/mol. The summed E-state index contributed by atoms with van der Waals surface area (Å²) in [6.07, 6.45) is 6.25. The van der Waals surface area contributed by atoms with Crippen LogP contribution in [0.25, 0.3) is 11.1 Å². The van der Waals surface area contributed by atoms with Crippen LogP contribution in [0.3, 0.4) is 0 Å². The van der Waals surface area contributed by atoms with Crippen LogP contribution in [0.1, 0.15) is 12.2 Å². The van der Waals surface area contributed by atoms with Crippen molar-refractivity contribution in [3.63, 3.8) is 0 Å². The second-order valence-electron chi connectivity index (χ2n) is 3.79. The van der Waals surface area contributed by atoms with Gasteiger partial charge in [0.15, 0.2) is 0 Å². The van der Waals surface area contributed by atoms with Crippen LogP contribution in [-0.2, 0) is 4.74 Å². The maximum atomic E-state index is 11.7. The Bertz CT molecular complexity index is 656. The van der Waals surface area contributed by atoms with Crippen LogP contribution in [0.5, 0.6) is 0 Å². The van der Waals surface area contributed by atoms with E-state index in [9.17, 15) is 4.79 Å². The number of hydrogen-bond acceptors (Lipinski definition) is 3. The van der Waals surface area contributed by atoms with E-state index in [0.717, 1.165) is 17.8 Å². The normalized spacial score (nSPS) is 16.2. The molecule has 3 rings (SSSR count). The third kappa shape index (κ3) is 1.73. The molecular formula is C11H10BrN3O2. The number of hydrogen-bond donors (Lipinski definition) is 1. The quantitative estimate of drug-likeness (QED) is 0.869. The van der Waals surface area contributed by atoms with Crippen LogP contribution in [0, 0.1) is 0 Å². The zero-order chi connectivity index (χ0) is 11.8. The third-order valence-electron chi connectivity index (χ3n) is 2.77. The Balaban J connectivity index is 2.27. The SMILES string of the molecule is O=c1[nH]ccn2c(C3=CCOCC3)nc(Br)c12. The van der Waals surface area contributed by atoms with Crippen molar-refractivity contribution < 1.29 is 4.74 Å². The van der Waals surface area contributed by atoms with Crippen molar-refractivity contribution in [1.82, 2.24) is 14.4 Å². The summed E-state index contributed by atoms with van der Waals surface area (Å²) in [5.74, 6) is 0.807. The number of ether oxygens (including phenoxy) is 1. The molecular weight excluding hydrogens is 286 g/mol. The molecule has 5 nitrogen and oxygen atoms in total. The zero-order valence-corrected chi connectivity index (χ0v) is 10.5. The molecule has 1 aliphatic heterocycles. The number of rotatable bonds is 1. The number of imidazole rings is 1. The number of halogens is 1. The van der Waals surface area contributed by atoms with Crippen molar-refractivity contribution in [1.29, 1.82) is 0 Å². The van der Waals surface area contributed by atoms with Crippen LogP contribution >= 0.6 is 15.9 Å². The average molecular weight is 296 g/mol. The highest BCUT2D eigenvalue weighted by Crippen LogP contribution is 2.24. The highest BCUT2D eigenvalue weighted by Gasteiger charge is 2.16. The molecule has 0 saturated carbocycles. The standard InChI is InChI=1S/C11H10BrN3O2/c12-9-8-11(16)13-3-4-15(8)10(14-9)7-1-5-17-6-2-7/h1,3-4H,2,5-6H2,(H,13,16). The van der Waals surface area contributed by atoms with E-state index in [-0.39, 0.29) is 5.56 Å². The summed E-state index contributed by atoms with van der Waals surface area (Å²) >= 11 is 3.32. The van der Waals surface area contributed by atoms with Crippen LogP contribution in [0.15, 0.2) is 27.9 Å². The Morgan fingerprint density at radius 1 is 1.53 bits per heavy atom. The number of H-pyrrole nitrogens is 1. The zero-order valence-electron chi connectivity index (χ0n) is 8.94. The maximum absolute atomic E-state index is 11.7. The van der Waals surface area contributed by atoms with E-state index >= 15 is 0 Å². The van der Waals surface area contributed by atoms with E-state index in [2.05, 4.69) is 25.9 Å². The Labute approximate surface area is 105 Å². The lowest BCUT2D eigenvalue weighted by molar-refractivity contribution is 0.161. The average Bonchev–Trinajstić information content (AvgIpc) is 2.69. The summed E-state index contributed by atoms with van der Waals surface area (Å²) in [5, 5.41) is 0. The van der Waals surface area contributed by atoms with Crippen LogP contribution < -0.4 is 5.56 Å². The summed E-state index contributed by atoms with van der Waals surface area (Å²) in [6, 6.07) is 0.